The first-order valence-electron chi connectivity index (χ1n) is 1.11. The van der Waals surface area contributed by atoms with Gasteiger partial charge in [0.1, 0.15) is 0 Å². The zero-order chi connectivity index (χ0) is 5.15. The van der Waals surface area contributed by atoms with E-state index in [2.05, 4.69) is 0 Å². The van der Waals surface area contributed by atoms with Gasteiger partial charge >= 0.3 is 79.2 Å². The van der Waals surface area contributed by atoms with Crippen LogP contribution in [0.25, 0.3) is 0 Å². The molecule has 0 aromatic rings. The molecule has 0 atom stereocenters. The van der Waals surface area contributed by atoms with Crippen LogP contribution in [0.2, 0.25) is 0 Å². The molecule has 6 heteroatoms. The fourth-order valence-electron chi connectivity index (χ4n) is 0. The summed E-state index contributed by atoms with van der Waals surface area (Å²) < 4.78 is 0. The van der Waals surface area contributed by atoms with E-state index >= 15 is 0 Å². The van der Waals surface area contributed by atoms with Gasteiger partial charge in [-0.1, -0.05) is 0 Å². The number of carbonyl (C=O) groups is 2. The van der Waals surface area contributed by atoms with Gasteiger partial charge in [-0.15, -0.1) is 0 Å². The van der Waals surface area contributed by atoms with E-state index < -0.39 is 11.9 Å². The van der Waals surface area contributed by atoms with E-state index in [0.29, 0.717) is 0 Å². The Morgan fingerprint density at radius 2 is 1.12 bits per heavy atom. The van der Waals surface area contributed by atoms with E-state index in [1.54, 1.807) is 0 Å². The minimum atomic E-state index is -1.82. The van der Waals surface area contributed by atoms with Crippen LogP contribution in [0.5, 0.6) is 0 Å². The van der Waals surface area contributed by atoms with E-state index in [0.717, 1.165) is 0 Å². The summed E-state index contributed by atoms with van der Waals surface area (Å²) in [6.07, 6.45) is 0. The fraction of sp³-hybridized carbons (Fsp3) is 0. The molecule has 0 aliphatic carbocycles. The number of aliphatic carboxylic acids is 2. The van der Waals surface area contributed by atoms with Crippen molar-refractivity contribution in [3.8, 4) is 0 Å². The SMILES string of the molecule is O=C(O)C(=O)O.[CaH2].[NaH]. The van der Waals surface area contributed by atoms with Gasteiger partial charge in [0.2, 0.25) is 0 Å². The predicted octanol–water partition coefficient (Wildman–Crippen LogP) is -2.41. The Hall–Kier alpha value is 1.20. The number of rotatable bonds is 0. The third kappa shape index (κ3) is 10.2. The van der Waals surface area contributed by atoms with Crippen molar-refractivity contribution >= 4 is 79.2 Å². The zero-order valence-electron chi connectivity index (χ0n) is 2.71. The van der Waals surface area contributed by atoms with Gasteiger partial charge in [-0.2, -0.15) is 0 Å². The Bertz CT molecular complexity index is 80.0. The molecule has 0 aromatic heterocycles. The van der Waals surface area contributed by atoms with Crippen molar-refractivity contribution in [2.45, 2.75) is 0 Å². The average Bonchev–Trinajstić information content (AvgIpc) is 1.36. The summed E-state index contributed by atoms with van der Waals surface area (Å²) in [5, 5.41) is 14.8. The average molecular weight is 156 g/mol. The van der Waals surface area contributed by atoms with Crippen LogP contribution in [0.4, 0.5) is 0 Å². The zero-order valence-corrected chi connectivity index (χ0v) is 2.71. The molecule has 0 aliphatic heterocycles. The Morgan fingerprint density at radius 3 is 1.12 bits per heavy atom. The van der Waals surface area contributed by atoms with Gasteiger partial charge in [-0.25, -0.2) is 9.59 Å². The molecule has 0 spiro atoms. The summed E-state index contributed by atoms with van der Waals surface area (Å²) >= 11 is 0. The summed E-state index contributed by atoms with van der Waals surface area (Å²) in [5.41, 5.74) is 0. The topological polar surface area (TPSA) is 74.6 Å². The van der Waals surface area contributed by atoms with Crippen molar-refractivity contribution in [2.24, 2.45) is 0 Å². The molecule has 0 unspecified atom stereocenters. The third-order valence-electron chi connectivity index (χ3n) is 0.183. The van der Waals surface area contributed by atoms with Crippen molar-refractivity contribution in [3.63, 3.8) is 0 Å². The second-order valence-electron chi connectivity index (χ2n) is 0.610. The quantitative estimate of drug-likeness (QED) is 0.302. The molecule has 0 rings (SSSR count). The van der Waals surface area contributed by atoms with Crippen LogP contribution in [0.15, 0.2) is 0 Å². The van der Waals surface area contributed by atoms with Gasteiger partial charge in [0.25, 0.3) is 0 Å². The van der Waals surface area contributed by atoms with Crippen LogP contribution in [0.3, 0.4) is 0 Å². The molecule has 8 heavy (non-hydrogen) atoms. The van der Waals surface area contributed by atoms with Gasteiger partial charge in [0, 0.05) is 0 Å². The molecule has 4 nitrogen and oxygen atoms in total. The van der Waals surface area contributed by atoms with Crippen LogP contribution < -0.4 is 0 Å². The van der Waals surface area contributed by atoms with Crippen LogP contribution in [0.1, 0.15) is 0 Å². The van der Waals surface area contributed by atoms with Crippen LogP contribution in [-0.4, -0.2) is 89.4 Å². The Labute approximate surface area is 97.5 Å². The number of hydrogen-bond donors (Lipinski definition) is 2. The van der Waals surface area contributed by atoms with Gasteiger partial charge in [-0.05, 0) is 0 Å². The Morgan fingerprint density at radius 1 is 1.00 bits per heavy atom. The van der Waals surface area contributed by atoms with Gasteiger partial charge < -0.3 is 10.2 Å². The standard InChI is InChI=1S/C2H2O4.Ca.Na.3H/c3-1(4)2(5)6;;;;;/h(H,3,4)(H,5,6);;;;;. The third-order valence-corrected chi connectivity index (χ3v) is 0.183. The van der Waals surface area contributed by atoms with E-state index in [9.17, 15) is 0 Å². The Kier molecular flexibility index (Phi) is 16.5. The first kappa shape index (κ1) is 16.1. The maximum absolute atomic E-state index is 9.10. The van der Waals surface area contributed by atoms with Crippen molar-refractivity contribution in [2.75, 3.05) is 0 Å². The number of carboxylic acid groups (broad SMARTS) is 2. The van der Waals surface area contributed by atoms with Crippen molar-refractivity contribution in [1.29, 1.82) is 0 Å². The molecule has 0 fully saturated rings. The molecule has 0 saturated heterocycles. The monoisotopic (exact) mass is 156 g/mol. The molecular formula is C2H5CaNaO4. The molecule has 0 aliphatic rings. The Balaban J connectivity index is -0.000000125. The van der Waals surface area contributed by atoms with Gasteiger partial charge in [0.15, 0.2) is 0 Å². The van der Waals surface area contributed by atoms with Crippen molar-refractivity contribution in [3.05, 3.63) is 0 Å². The van der Waals surface area contributed by atoms with Crippen molar-refractivity contribution in [1.82, 2.24) is 0 Å². The number of carboxylic acids is 2. The molecule has 0 aromatic carbocycles. The molecule has 2 N–H and O–H groups in total. The summed E-state index contributed by atoms with van der Waals surface area (Å²) in [4.78, 5) is 18.2. The van der Waals surface area contributed by atoms with Crippen LogP contribution >= 0.6 is 0 Å². The normalized spacial score (nSPS) is 5.50. The van der Waals surface area contributed by atoms with E-state index in [-0.39, 0.29) is 67.3 Å². The molecule has 0 radical (unpaired) electrons. The molecule has 40 valence electrons. The second kappa shape index (κ2) is 8.20. The minimum absolute atomic E-state index is 0. The molecule has 0 heterocycles. The van der Waals surface area contributed by atoms with Crippen LogP contribution in [0, 0.1) is 0 Å². The van der Waals surface area contributed by atoms with Gasteiger partial charge in [-0.3, -0.25) is 0 Å². The fourth-order valence-corrected chi connectivity index (χ4v) is 0. The van der Waals surface area contributed by atoms with Crippen LogP contribution in [-0.2, 0) is 9.59 Å². The van der Waals surface area contributed by atoms with Crippen molar-refractivity contribution < 1.29 is 19.8 Å². The first-order chi connectivity index (χ1) is 2.64. The second-order valence-corrected chi connectivity index (χ2v) is 0.610. The summed E-state index contributed by atoms with van der Waals surface area (Å²) in [5.74, 6) is -3.65. The molecular weight excluding hydrogens is 151 g/mol. The molecule has 0 saturated carbocycles. The summed E-state index contributed by atoms with van der Waals surface area (Å²) in [6.45, 7) is 0. The summed E-state index contributed by atoms with van der Waals surface area (Å²) in [7, 11) is 0. The van der Waals surface area contributed by atoms with E-state index in [1.165, 1.54) is 0 Å². The van der Waals surface area contributed by atoms with Gasteiger partial charge in [0.05, 0.1) is 0 Å². The van der Waals surface area contributed by atoms with E-state index in [4.69, 9.17) is 19.8 Å². The number of hydrogen-bond acceptors (Lipinski definition) is 2. The first-order valence-corrected chi connectivity index (χ1v) is 1.11. The predicted molar refractivity (Wildman–Crippen MR) is 31.0 cm³/mol. The maximum atomic E-state index is 9.10. The summed E-state index contributed by atoms with van der Waals surface area (Å²) in [6, 6.07) is 0. The van der Waals surface area contributed by atoms with E-state index in [1.807, 2.05) is 0 Å². The molecule has 0 bridgehead atoms. The molecule has 0 amide bonds.